The molecule has 19 heteroatoms. The van der Waals surface area contributed by atoms with E-state index in [1.807, 2.05) is 29.0 Å². The maximum absolute atomic E-state index is 15.7. The lowest BCUT2D eigenvalue weighted by Gasteiger charge is -2.36. The number of hydrogen-bond donors (Lipinski definition) is 3. The number of halogens is 3. The Morgan fingerprint density at radius 2 is 1.74 bits per heavy atom. The summed E-state index contributed by atoms with van der Waals surface area (Å²) in [5.41, 5.74) is 3.36. The molecule has 3 saturated heterocycles. The number of allylic oxidation sites excluding steroid dienone is 1. The van der Waals surface area contributed by atoms with Crippen LogP contribution in [-0.2, 0) is 26.3 Å². The molecule has 65 heavy (non-hydrogen) atoms. The van der Waals surface area contributed by atoms with Gasteiger partial charge >= 0.3 is 10.2 Å². The highest BCUT2D eigenvalue weighted by molar-refractivity contribution is 7.90. The molecule has 0 spiro atoms. The molecule has 3 fully saturated rings. The van der Waals surface area contributed by atoms with Gasteiger partial charge in [0.15, 0.2) is 5.82 Å². The monoisotopic (exact) mass is 912 g/mol. The third kappa shape index (κ3) is 9.18. The zero-order chi connectivity index (χ0) is 45.4. The molecule has 0 saturated carbocycles. The summed E-state index contributed by atoms with van der Waals surface area (Å²) in [5, 5.41) is 3.08. The molecular weight excluding hydrogens is 866 g/mol. The second kappa shape index (κ2) is 18.3. The predicted molar refractivity (Wildman–Crippen MR) is 237 cm³/mol. The lowest BCUT2D eigenvalue weighted by atomic mass is 10.00. The summed E-state index contributed by atoms with van der Waals surface area (Å²) in [6, 6.07) is 16.0. The molecule has 3 aromatic carbocycles. The molecule has 4 aliphatic rings. The number of ether oxygens (including phenoxy) is 2. The highest BCUT2D eigenvalue weighted by atomic mass is 32.2. The highest BCUT2D eigenvalue weighted by Crippen LogP contribution is 2.33. The maximum atomic E-state index is 15.7. The van der Waals surface area contributed by atoms with Crippen molar-refractivity contribution in [1.29, 1.82) is 0 Å². The number of nitrogens with zero attached hydrogens (tertiary/aromatic N) is 5. The van der Waals surface area contributed by atoms with E-state index >= 15 is 8.78 Å². The molecule has 5 aromatic rings. The smallest absolute Gasteiger partial charge is 0.301 e. The van der Waals surface area contributed by atoms with Crippen molar-refractivity contribution in [3.63, 3.8) is 0 Å². The van der Waals surface area contributed by atoms with E-state index < -0.39 is 57.6 Å². The first kappa shape index (κ1) is 43.9. The van der Waals surface area contributed by atoms with Crippen molar-refractivity contribution in [2.75, 3.05) is 75.3 Å². The Bertz CT molecular complexity index is 2780. The van der Waals surface area contributed by atoms with Crippen molar-refractivity contribution < 1.29 is 45.4 Å². The lowest BCUT2D eigenvalue weighted by Crippen LogP contribution is -2.49. The van der Waals surface area contributed by atoms with Gasteiger partial charge < -0.3 is 29.6 Å². The number of piperazine rings is 1. The predicted octanol–water partition coefficient (Wildman–Crippen LogP) is 5.41. The van der Waals surface area contributed by atoms with Crippen molar-refractivity contribution in [3.05, 3.63) is 119 Å². The number of nitrogens with one attached hydrogen (secondary N) is 3. The Morgan fingerprint density at radius 1 is 0.938 bits per heavy atom. The molecule has 6 heterocycles. The summed E-state index contributed by atoms with van der Waals surface area (Å²) in [6.45, 7) is 9.22. The van der Waals surface area contributed by atoms with Crippen LogP contribution in [0.5, 0.6) is 5.75 Å². The van der Waals surface area contributed by atoms with Crippen molar-refractivity contribution in [2.45, 2.75) is 38.0 Å². The number of aromatic nitrogens is 2. The van der Waals surface area contributed by atoms with Crippen LogP contribution >= 0.6 is 0 Å². The number of hydrogen-bond acceptors (Lipinski definition) is 10. The maximum Gasteiger partial charge on any atom is 0.301 e. The number of pyridine rings is 1. The number of alkyl halides is 1. The highest BCUT2D eigenvalue weighted by Gasteiger charge is 2.39. The normalized spacial score (nSPS) is 19.5. The minimum atomic E-state index is -4.36. The van der Waals surface area contributed by atoms with E-state index in [2.05, 4.69) is 37.7 Å². The summed E-state index contributed by atoms with van der Waals surface area (Å²) in [4.78, 5) is 53.0. The molecule has 2 atom stereocenters. The average molecular weight is 913 g/mol. The lowest BCUT2D eigenvalue weighted by molar-refractivity contribution is -0.126. The molecule has 0 bridgehead atoms. The average Bonchev–Trinajstić information content (AvgIpc) is 4.03. The number of H-pyrrole nitrogens is 1. The number of fused-ring (bicyclic) bond motifs is 2. The van der Waals surface area contributed by atoms with Gasteiger partial charge in [-0.25, -0.2) is 18.2 Å². The molecular formula is C46H47F3N8O7S. The molecule has 340 valence electrons. The molecule has 2 aromatic heterocycles. The Hall–Kier alpha value is -6.28. The van der Waals surface area contributed by atoms with E-state index in [0.29, 0.717) is 72.8 Å². The van der Waals surface area contributed by atoms with Gasteiger partial charge in [0, 0.05) is 98.2 Å². The quantitative estimate of drug-likeness (QED) is 0.0913. The number of aromatic amines is 1. The number of anilines is 2. The molecule has 3 N–H and O–H groups in total. The van der Waals surface area contributed by atoms with Crippen LogP contribution in [0.1, 0.15) is 51.1 Å². The SMILES string of the molecule is C=C1CCC(N2Cc3cc(N4CCN(CCOCCOc5ccc(-c6cnc7[nH]cc(C(=O)c8c(F)ccc(NS(=O)(=O)N9CC[C@@H](F)C9)c8F)c7c6)cc5)CC4)ccc3C2=O)C(=O)N1. The van der Waals surface area contributed by atoms with E-state index in [-0.39, 0.29) is 30.3 Å². The molecule has 4 aliphatic heterocycles. The molecule has 15 nitrogen and oxygen atoms in total. The van der Waals surface area contributed by atoms with Crippen LogP contribution in [0, 0.1) is 11.6 Å². The number of piperidine rings is 1. The zero-order valence-electron chi connectivity index (χ0n) is 35.3. The van der Waals surface area contributed by atoms with Crippen LogP contribution in [0.25, 0.3) is 22.2 Å². The first-order valence-electron chi connectivity index (χ1n) is 21.5. The van der Waals surface area contributed by atoms with Gasteiger partial charge in [0.05, 0.1) is 24.5 Å². The van der Waals surface area contributed by atoms with Gasteiger partial charge in [-0.1, -0.05) is 18.7 Å². The van der Waals surface area contributed by atoms with Crippen molar-refractivity contribution in [2.24, 2.45) is 0 Å². The minimum Gasteiger partial charge on any atom is -0.491 e. The second-order valence-corrected chi connectivity index (χ2v) is 18.2. The minimum absolute atomic E-state index is 0.00172. The first-order chi connectivity index (χ1) is 31.3. The van der Waals surface area contributed by atoms with E-state index in [1.165, 1.54) is 6.20 Å². The summed E-state index contributed by atoms with van der Waals surface area (Å²) in [5.74, 6) is -3.26. The standard InChI is InChI=1S/C46H47F3N8O7S/c1-28-2-11-40(45(59)52-28)57-26-31-22-33(5-8-35(31)46(57)60)55-16-14-54(15-17-55)18-19-63-20-21-64-34-6-3-29(4-7-34)30-23-36-37(25-51-44(36)50-24-30)43(58)41-38(48)9-10-39(42(41)49)53-65(61,62)56-13-12-32(47)27-56/h3-10,22-25,32,40,53H,1-2,11-21,26-27H2,(H,50,51)(H,52,59)/t32-,40?/m1/s1. The fourth-order valence-corrected chi connectivity index (χ4v) is 10.0. The van der Waals surface area contributed by atoms with E-state index in [0.717, 1.165) is 66.0 Å². The van der Waals surface area contributed by atoms with Crippen LogP contribution in [-0.4, -0.2) is 128 Å². The summed E-state index contributed by atoms with van der Waals surface area (Å²) < 4.78 is 84.6. The van der Waals surface area contributed by atoms with Gasteiger partial charge in [0.1, 0.15) is 36.0 Å². The van der Waals surface area contributed by atoms with Gasteiger partial charge in [-0.05, 0) is 78.9 Å². The number of rotatable bonds is 15. The molecule has 9 rings (SSSR count). The summed E-state index contributed by atoms with van der Waals surface area (Å²) >= 11 is 0. The second-order valence-electron chi connectivity index (χ2n) is 16.5. The van der Waals surface area contributed by atoms with Gasteiger partial charge in [-0.15, -0.1) is 0 Å². The zero-order valence-corrected chi connectivity index (χ0v) is 36.1. The van der Waals surface area contributed by atoms with Crippen molar-refractivity contribution in [1.82, 2.24) is 29.4 Å². The van der Waals surface area contributed by atoms with Crippen LogP contribution in [0.2, 0.25) is 0 Å². The third-order valence-corrected chi connectivity index (χ3v) is 13.8. The molecule has 0 radical (unpaired) electrons. The van der Waals surface area contributed by atoms with Crippen LogP contribution in [0.4, 0.5) is 24.5 Å². The fourth-order valence-electron chi connectivity index (χ4n) is 8.76. The van der Waals surface area contributed by atoms with E-state index in [9.17, 15) is 27.2 Å². The third-order valence-electron chi connectivity index (χ3n) is 12.4. The Kier molecular flexibility index (Phi) is 12.4. The Balaban J connectivity index is 0.731. The van der Waals surface area contributed by atoms with Gasteiger partial charge in [-0.3, -0.25) is 24.0 Å². The number of amides is 2. The van der Waals surface area contributed by atoms with Gasteiger partial charge in [0.2, 0.25) is 11.7 Å². The van der Waals surface area contributed by atoms with Crippen molar-refractivity contribution in [3.8, 4) is 16.9 Å². The summed E-state index contributed by atoms with van der Waals surface area (Å²) in [7, 11) is -4.36. The van der Waals surface area contributed by atoms with Crippen LogP contribution in [0.3, 0.4) is 0 Å². The van der Waals surface area contributed by atoms with Gasteiger partial charge in [-0.2, -0.15) is 12.7 Å². The number of benzene rings is 3. The molecule has 1 unspecified atom stereocenters. The van der Waals surface area contributed by atoms with Crippen molar-refractivity contribution >= 4 is 50.2 Å². The van der Waals surface area contributed by atoms with Crippen LogP contribution in [0.15, 0.2) is 85.3 Å². The largest absolute Gasteiger partial charge is 0.491 e. The number of ketones is 1. The summed E-state index contributed by atoms with van der Waals surface area (Å²) in [6.07, 6.45) is 2.77. The Morgan fingerprint density at radius 3 is 2.49 bits per heavy atom. The topological polar surface area (TPSA) is 170 Å². The number of carbonyl (C=O) groups is 3. The van der Waals surface area contributed by atoms with E-state index in [1.54, 1.807) is 29.3 Å². The fraction of sp³-hybridized carbons (Fsp3) is 0.348. The molecule has 0 aliphatic carbocycles. The Labute approximate surface area is 373 Å². The van der Waals surface area contributed by atoms with E-state index in [4.69, 9.17) is 9.47 Å². The van der Waals surface area contributed by atoms with Gasteiger partial charge in [0.25, 0.3) is 5.91 Å². The number of carbonyl (C=O) groups excluding carboxylic acids is 3. The first-order valence-corrected chi connectivity index (χ1v) is 22.9. The molecule has 2 amide bonds. The van der Waals surface area contributed by atoms with Crippen LogP contribution < -0.4 is 19.7 Å².